The lowest BCUT2D eigenvalue weighted by Crippen LogP contribution is -2.15. The average Bonchev–Trinajstić information content (AvgIpc) is 3.14. The fraction of sp³-hybridized carbons (Fsp3) is 0.0667. The first kappa shape index (κ1) is 14.9. The monoisotopic (exact) mass is 327 g/mol. The van der Waals surface area contributed by atoms with Crippen LogP contribution in [-0.4, -0.2) is 20.7 Å². The van der Waals surface area contributed by atoms with E-state index >= 15 is 0 Å². The van der Waals surface area contributed by atoms with E-state index < -0.39 is 0 Å². The summed E-state index contributed by atoms with van der Waals surface area (Å²) in [6.45, 7) is 0. The Bertz CT molecular complexity index is 907. The van der Waals surface area contributed by atoms with E-state index in [1.807, 2.05) is 6.07 Å². The molecule has 1 N–H and O–H groups in total. The van der Waals surface area contributed by atoms with Crippen LogP contribution in [0, 0.1) is 17.1 Å². The van der Waals surface area contributed by atoms with Gasteiger partial charge in [-0.1, -0.05) is 11.3 Å². The molecule has 0 fully saturated rings. The van der Waals surface area contributed by atoms with Gasteiger partial charge in [0.2, 0.25) is 0 Å². The lowest BCUT2D eigenvalue weighted by molar-refractivity contribution is 0.101. The predicted octanol–water partition coefficient (Wildman–Crippen LogP) is 2.81. The fourth-order valence-electron chi connectivity index (χ4n) is 1.99. The summed E-state index contributed by atoms with van der Waals surface area (Å²) in [7, 11) is 1.64. The summed E-state index contributed by atoms with van der Waals surface area (Å²) in [6, 6.07) is 9.44. The van der Waals surface area contributed by atoms with Crippen LogP contribution in [0.5, 0.6) is 0 Å². The van der Waals surface area contributed by atoms with E-state index in [1.165, 1.54) is 23.0 Å². The van der Waals surface area contributed by atoms with Crippen LogP contribution in [0.2, 0.25) is 0 Å². The molecule has 2 aromatic heterocycles. The first-order chi connectivity index (χ1) is 11.1. The number of aromatic nitrogens is 3. The van der Waals surface area contributed by atoms with Gasteiger partial charge in [0, 0.05) is 12.6 Å². The third-order valence-electron chi connectivity index (χ3n) is 3.09. The van der Waals surface area contributed by atoms with E-state index in [2.05, 4.69) is 15.4 Å². The Morgan fingerprint density at radius 2 is 2.13 bits per heavy atom. The number of hydrogen-bond acceptors (Lipinski definition) is 5. The molecular formula is C15H10FN5OS. The van der Waals surface area contributed by atoms with Crippen molar-refractivity contribution < 1.29 is 9.18 Å². The van der Waals surface area contributed by atoms with Gasteiger partial charge in [-0.3, -0.25) is 14.8 Å². The second-order valence-electron chi connectivity index (χ2n) is 4.64. The standard InChI is InChI=1S/C15H10FN5OS/c1-21-13(14(22)19-15-18-8-11(7-17)23-15)6-12(20-21)9-2-4-10(16)5-3-9/h2-6,8H,1H3,(H,18,19,22). The molecule has 0 aliphatic rings. The Labute approximate surface area is 134 Å². The van der Waals surface area contributed by atoms with Crippen LogP contribution < -0.4 is 5.32 Å². The highest BCUT2D eigenvalue weighted by Crippen LogP contribution is 2.21. The van der Waals surface area contributed by atoms with Crippen molar-refractivity contribution in [3.63, 3.8) is 0 Å². The molecule has 3 aromatic rings. The maximum atomic E-state index is 13.0. The van der Waals surface area contributed by atoms with E-state index in [1.54, 1.807) is 25.2 Å². The van der Waals surface area contributed by atoms with Crippen LogP contribution >= 0.6 is 11.3 Å². The lowest BCUT2D eigenvalue weighted by atomic mass is 10.1. The number of rotatable bonds is 3. The van der Waals surface area contributed by atoms with Gasteiger partial charge in [0.15, 0.2) is 5.13 Å². The molecule has 0 aliphatic heterocycles. The number of nitrogens with zero attached hydrogens (tertiary/aromatic N) is 4. The Balaban J connectivity index is 1.84. The van der Waals surface area contributed by atoms with Gasteiger partial charge < -0.3 is 0 Å². The summed E-state index contributed by atoms with van der Waals surface area (Å²) in [4.78, 5) is 16.6. The average molecular weight is 327 g/mol. The van der Waals surface area contributed by atoms with E-state index in [0.717, 1.165) is 11.3 Å². The molecule has 8 heteroatoms. The number of aryl methyl sites for hydroxylation is 1. The smallest absolute Gasteiger partial charge is 0.275 e. The van der Waals surface area contributed by atoms with Crippen molar-refractivity contribution in [3.8, 4) is 17.3 Å². The van der Waals surface area contributed by atoms with Crippen molar-refractivity contribution in [1.29, 1.82) is 5.26 Å². The number of hydrogen-bond donors (Lipinski definition) is 1. The molecule has 0 saturated heterocycles. The Kier molecular flexibility index (Phi) is 3.87. The van der Waals surface area contributed by atoms with Gasteiger partial charge in [0.1, 0.15) is 22.5 Å². The third kappa shape index (κ3) is 3.09. The molecule has 0 atom stereocenters. The van der Waals surface area contributed by atoms with Crippen LogP contribution in [0.3, 0.4) is 0 Å². The van der Waals surface area contributed by atoms with E-state index in [9.17, 15) is 9.18 Å². The minimum atomic E-state index is -0.382. The normalized spacial score (nSPS) is 10.3. The SMILES string of the molecule is Cn1nc(-c2ccc(F)cc2)cc1C(=O)Nc1ncc(C#N)s1. The summed E-state index contributed by atoms with van der Waals surface area (Å²) < 4.78 is 14.4. The van der Waals surface area contributed by atoms with Gasteiger partial charge in [0.05, 0.1) is 11.9 Å². The second-order valence-corrected chi connectivity index (χ2v) is 5.67. The van der Waals surface area contributed by atoms with Gasteiger partial charge in [0.25, 0.3) is 5.91 Å². The second kappa shape index (κ2) is 5.98. The first-order valence-corrected chi connectivity index (χ1v) is 7.36. The minimum absolute atomic E-state index is 0.332. The Morgan fingerprint density at radius 3 is 2.78 bits per heavy atom. The number of carbonyl (C=O) groups is 1. The third-order valence-corrected chi connectivity index (χ3v) is 3.91. The van der Waals surface area contributed by atoms with E-state index in [-0.39, 0.29) is 11.7 Å². The first-order valence-electron chi connectivity index (χ1n) is 6.54. The molecular weight excluding hydrogens is 317 g/mol. The van der Waals surface area contributed by atoms with Gasteiger partial charge in [-0.25, -0.2) is 9.37 Å². The number of benzene rings is 1. The molecule has 0 radical (unpaired) electrons. The number of thiazole rings is 1. The van der Waals surface area contributed by atoms with Gasteiger partial charge >= 0.3 is 0 Å². The van der Waals surface area contributed by atoms with Crippen molar-refractivity contribution in [2.45, 2.75) is 0 Å². The molecule has 0 spiro atoms. The number of nitriles is 1. The van der Waals surface area contributed by atoms with E-state index in [0.29, 0.717) is 27.0 Å². The summed E-state index contributed by atoms with van der Waals surface area (Å²) in [5, 5.41) is 16.0. The number of amides is 1. The molecule has 2 heterocycles. The topological polar surface area (TPSA) is 83.6 Å². The predicted molar refractivity (Wildman–Crippen MR) is 83.4 cm³/mol. The number of nitrogens with one attached hydrogen (secondary N) is 1. The van der Waals surface area contributed by atoms with Crippen molar-refractivity contribution in [3.05, 3.63) is 52.9 Å². The molecule has 0 aliphatic carbocycles. The summed E-state index contributed by atoms with van der Waals surface area (Å²) >= 11 is 1.09. The number of carbonyl (C=O) groups excluding carboxylic acids is 1. The van der Waals surface area contributed by atoms with Gasteiger partial charge in [-0.05, 0) is 30.3 Å². The maximum Gasteiger partial charge on any atom is 0.275 e. The summed E-state index contributed by atoms with van der Waals surface area (Å²) in [6.07, 6.45) is 1.40. The zero-order chi connectivity index (χ0) is 16.4. The van der Waals surface area contributed by atoms with Gasteiger partial charge in [-0.15, -0.1) is 0 Å². The van der Waals surface area contributed by atoms with Crippen LogP contribution in [0.15, 0.2) is 36.5 Å². The molecule has 114 valence electrons. The summed E-state index contributed by atoms with van der Waals surface area (Å²) in [5.74, 6) is -0.716. The number of halogens is 1. The zero-order valence-electron chi connectivity index (χ0n) is 11.9. The highest BCUT2D eigenvalue weighted by molar-refractivity contribution is 7.16. The van der Waals surface area contributed by atoms with Gasteiger partial charge in [-0.2, -0.15) is 10.4 Å². The molecule has 0 bridgehead atoms. The van der Waals surface area contributed by atoms with Crippen LogP contribution in [0.4, 0.5) is 9.52 Å². The molecule has 1 aromatic carbocycles. The molecule has 23 heavy (non-hydrogen) atoms. The Morgan fingerprint density at radius 1 is 1.39 bits per heavy atom. The minimum Gasteiger partial charge on any atom is -0.296 e. The van der Waals surface area contributed by atoms with Crippen LogP contribution in [-0.2, 0) is 7.05 Å². The largest absolute Gasteiger partial charge is 0.296 e. The Hall–Kier alpha value is -3.05. The summed E-state index contributed by atoms with van der Waals surface area (Å²) in [5.41, 5.74) is 1.61. The maximum absolute atomic E-state index is 13.0. The van der Waals surface area contributed by atoms with Crippen molar-refractivity contribution in [2.24, 2.45) is 7.05 Å². The molecule has 6 nitrogen and oxygen atoms in total. The quantitative estimate of drug-likeness (QED) is 0.802. The molecule has 3 rings (SSSR count). The highest BCUT2D eigenvalue weighted by Gasteiger charge is 2.16. The lowest BCUT2D eigenvalue weighted by Gasteiger charge is -2.00. The van der Waals surface area contributed by atoms with Crippen LogP contribution in [0.1, 0.15) is 15.4 Å². The fourth-order valence-corrected chi connectivity index (χ4v) is 2.59. The molecule has 0 saturated carbocycles. The molecule has 1 amide bonds. The molecule has 0 unspecified atom stereocenters. The highest BCUT2D eigenvalue weighted by atomic mass is 32.1. The van der Waals surface area contributed by atoms with Crippen LogP contribution in [0.25, 0.3) is 11.3 Å². The van der Waals surface area contributed by atoms with Crippen molar-refractivity contribution in [2.75, 3.05) is 5.32 Å². The zero-order valence-corrected chi connectivity index (χ0v) is 12.8. The van der Waals surface area contributed by atoms with Crippen molar-refractivity contribution in [1.82, 2.24) is 14.8 Å². The van der Waals surface area contributed by atoms with Crippen molar-refractivity contribution >= 4 is 22.4 Å². The number of anilines is 1. The van der Waals surface area contributed by atoms with E-state index in [4.69, 9.17) is 5.26 Å².